The first kappa shape index (κ1) is 21.7. The zero-order valence-corrected chi connectivity index (χ0v) is 17.9. The van der Waals surface area contributed by atoms with E-state index in [1.54, 1.807) is 31.2 Å². The minimum Gasteiger partial charge on any atom is -0.348 e. The molecule has 0 saturated heterocycles. The van der Waals surface area contributed by atoms with Gasteiger partial charge in [0.05, 0.1) is 6.26 Å². The first-order chi connectivity index (χ1) is 12.9. The predicted octanol–water partition coefficient (Wildman–Crippen LogP) is 4.08. The number of hydrogen-bond donors (Lipinski definition) is 2. The molecule has 0 aliphatic heterocycles. The number of carbonyl (C=O) groups is 1. The standard InChI is InChI=1S/C22H28N2O3S/c1-16(14-17-6-10-19(11-7-17)22(2,3)4)21(25)23-15-18-8-12-20(13-9-18)24-28(5,26)27/h6-14,24H,15H2,1-5H3,(H,23,25)/b16-14+. The Morgan fingerprint density at radius 2 is 1.57 bits per heavy atom. The number of sulfonamides is 1. The summed E-state index contributed by atoms with van der Waals surface area (Å²) in [5.41, 5.74) is 4.33. The van der Waals surface area contributed by atoms with Gasteiger partial charge in [-0.3, -0.25) is 9.52 Å². The van der Waals surface area contributed by atoms with Gasteiger partial charge in [-0.15, -0.1) is 0 Å². The molecular formula is C22H28N2O3S. The van der Waals surface area contributed by atoms with Crippen LogP contribution in [0, 0.1) is 0 Å². The van der Waals surface area contributed by atoms with E-state index in [2.05, 4.69) is 42.9 Å². The molecule has 0 heterocycles. The molecule has 28 heavy (non-hydrogen) atoms. The van der Waals surface area contributed by atoms with Crippen molar-refractivity contribution in [2.75, 3.05) is 11.0 Å². The maximum absolute atomic E-state index is 12.3. The molecule has 0 atom stereocenters. The Labute approximate surface area is 167 Å². The van der Waals surface area contributed by atoms with Gasteiger partial charge < -0.3 is 5.32 Å². The van der Waals surface area contributed by atoms with Crippen molar-refractivity contribution in [3.8, 4) is 0 Å². The normalized spacial score (nSPS) is 12.5. The molecule has 0 aliphatic rings. The van der Waals surface area contributed by atoms with Crippen molar-refractivity contribution < 1.29 is 13.2 Å². The van der Waals surface area contributed by atoms with Crippen molar-refractivity contribution >= 4 is 27.7 Å². The lowest BCUT2D eigenvalue weighted by Crippen LogP contribution is -2.23. The van der Waals surface area contributed by atoms with Crippen LogP contribution >= 0.6 is 0 Å². The summed E-state index contributed by atoms with van der Waals surface area (Å²) in [4.78, 5) is 12.3. The first-order valence-corrected chi connectivity index (χ1v) is 11.0. The Balaban J connectivity index is 1.96. The Morgan fingerprint density at radius 1 is 1.00 bits per heavy atom. The molecule has 2 rings (SSSR count). The number of nitrogens with one attached hydrogen (secondary N) is 2. The lowest BCUT2D eigenvalue weighted by molar-refractivity contribution is -0.117. The fourth-order valence-electron chi connectivity index (χ4n) is 2.62. The van der Waals surface area contributed by atoms with Crippen molar-refractivity contribution in [2.45, 2.75) is 39.7 Å². The highest BCUT2D eigenvalue weighted by atomic mass is 32.2. The molecule has 1 amide bonds. The molecule has 2 aromatic rings. The summed E-state index contributed by atoms with van der Waals surface area (Å²) in [6.45, 7) is 8.65. The number of carbonyl (C=O) groups excluding carboxylic acids is 1. The lowest BCUT2D eigenvalue weighted by atomic mass is 9.86. The molecule has 150 valence electrons. The van der Waals surface area contributed by atoms with Crippen LogP contribution in [0.5, 0.6) is 0 Å². The van der Waals surface area contributed by atoms with Crippen molar-refractivity contribution in [1.29, 1.82) is 0 Å². The van der Waals surface area contributed by atoms with E-state index in [1.165, 1.54) is 5.56 Å². The predicted molar refractivity (Wildman–Crippen MR) is 116 cm³/mol. The Bertz CT molecular complexity index is 952. The zero-order valence-electron chi connectivity index (χ0n) is 17.0. The fourth-order valence-corrected chi connectivity index (χ4v) is 3.19. The van der Waals surface area contributed by atoms with E-state index in [0.29, 0.717) is 17.8 Å². The maximum atomic E-state index is 12.3. The molecule has 0 aliphatic carbocycles. The van der Waals surface area contributed by atoms with Gasteiger partial charge in [-0.2, -0.15) is 0 Å². The number of rotatable bonds is 6. The van der Waals surface area contributed by atoms with Crippen LogP contribution in [0.25, 0.3) is 6.08 Å². The molecule has 0 aromatic heterocycles. The van der Waals surface area contributed by atoms with Crippen molar-refractivity contribution in [3.63, 3.8) is 0 Å². The quantitative estimate of drug-likeness (QED) is 0.718. The van der Waals surface area contributed by atoms with E-state index in [0.717, 1.165) is 17.4 Å². The van der Waals surface area contributed by atoms with E-state index in [1.807, 2.05) is 18.2 Å². The van der Waals surface area contributed by atoms with Gasteiger partial charge in [0, 0.05) is 17.8 Å². The molecule has 0 fully saturated rings. The van der Waals surface area contributed by atoms with Gasteiger partial charge >= 0.3 is 0 Å². The van der Waals surface area contributed by atoms with E-state index in [9.17, 15) is 13.2 Å². The molecule has 2 N–H and O–H groups in total. The zero-order chi connectivity index (χ0) is 20.9. The monoisotopic (exact) mass is 400 g/mol. The van der Waals surface area contributed by atoms with Crippen molar-refractivity contribution in [1.82, 2.24) is 5.32 Å². The lowest BCUT2D eigenvalue weighted by Gasteiger charge is -2.18. The van der Waals surface area contributed by atoms with Gasteiger partial charge in [0.25, 0.3) is 0 Å². The molecule has 0 unspecified atom stereocenters. The molecule has 5 nitrogen and oxygen atoms in total. The SMILES string of the molecule is C/C(=C\c1ccc(C(C)(C)C)cc1)C(=O)NCc1ccc(NS(C)(=O)=O)cc1. The summed E-state index contributed by atoms with van der Waals surface area (Å²) in [6, 6.07) is 15.1. The first-order valence-electron chi connectivity index (χ1n) is 9.08. The van der Waals surface area contributed by atoms with Crippen LogP contribution in [0.2, 0.25) is 0 Å². The van der Waals surface area contributed by atoms with Gasteiger partial charge in [-0.05, 0) is 47.2 Å². The second-order valence-electron chi connectivity index (χ2n) is 7.95. The third kappa shape index (κ3) is 6.85. The van der Waals surface area contributed by atoms with Crippen LogP contribution in [-0.4, -0.2) is 20.6 Å². The van der Waals surface area contributed by atoms with Crippen LogP contribution in [0.3, 0.4) is 0 Å². The second kappa shape index (κ2) is 8.61. The number of benzene rings is 2. The van der Waals surface area contributed by atoms with Crippen LogP contribution in [-0.2, 0) is 26.8 Å². The van der Waals surface area contributed by atoms with Gasteiger partial charge in [-0.1, -0.05) is 57.2 Å². The smallest absolute Gasteiger partial charge is 0.247 e. The molecule has 0 saturated carbocycles. The molecule has 0 radical (unpaired) electrons. The van der Waals surface area contributed by atoms with Crippen LogP contribution < -0.4 is 10.0 Å². The second-order valence-corrected chi connectivity index (χ2v) is 9.70. The summed E-state index contributed by atoms with van der Waals surface area (Å²) < 4.78 is 24.8. The van der Waals surface area contributed by atoms with Gasteiger partial charge in [0.15, 0.2) is 0 Å². The molecular weight excluding hydrogens is 372 g/mol. The summed E-state index contributed by atoms with van der Waals surface area (Å²) in [7, 11) is -3.30. The van der Waals surface area contributed by atoms with Gasteiger partial charge in [-0.25, -0.2) is 8.42 Å². The topological polar surface area (TPSA) is 75.3 Å². The number of anilines is 1. The third-order valence-electron chi connectivity index (χ3n) is 4.23. The highest BCUT2D eigenvalue weighted by Gasteiger charge is 2.12. The van der Waals surface area contributed by atoms with Crippen molar-refractivity contribution in [3.05, 3.63) is 70.8 Å². The average molecular weight is 401 g/mol. The minimum absolute atomic E-state index is 0.0983. The molecule has 0 spiro atoms. The third-order valence-corrected chi connectivity index (χ3v) is 4.83. The highest BCUT2D eigenvalue weighted by Crippen LogP contribution is 2.22. The van der Waals surface area contributed by atoms with E-state index in [-0.39, 0.29) is 11.3 Å². The fraction of sp³-hybridized carbons (Fsp3) is 0.318. The van der Waals surface area contributed by atoms with E-state index in [4.69, 9.17) is 0 Å². The number of hydrogen-bond acceptors (Lipinski definition) is 3. The van der Waals surface area contributed by atoms with Crippen LogP contribution in [0.1, 0.15) is 44.4 Å². The minimum atomic E-state index is -3.30. The maximum Gasteiger partial charge on any atom is 0.247 e. The van der Waals surface area contributed by atoms with Crippen LogP contribution in [0.4, 0.5) is 5.69 Å². The van der Waals surface area contributed by atoms with Crippen LogP contribution in [0.15, 0.2) is 54.1 Å². The van der Waals surface area contributed by atoms with E-state index >= 15 is 0 Å². The van der Waals surface area contributed by atoms with Gasteiger partial charge in [0.2, 0.25) is 15.9 Å². The van der Waals surface area contributed by atoms with Crippen molar-refractivity contribution in [2.24, 2.45) is 0 Å². The number of amides is 1. The Kier molecular flexibility index (Phi) is 6.67. The van der Waals surface area contributed by atoms with Gasteiger partial charge in [0.1, 0.15) is 0 Å². The Morgan fingerprint density at radius 3 is 2.07 bits per heavy atom. The molecule has 6 heteroatoms. The summed E-state index contributed by atoms with van der Waals surface area (Å²) in [5, 5.41) is 2.88. The molecule has 0 bridgehead atoms. The summed E-state index contributed by atoms with van der Waals surface area (Å²) >= 11 is 0. The Hall–Kier alpha value is -2.60. The largest absolute Gasteiger partial charge is 0.348 e. The van der Waals surface area contributed by atoms with E-state index < -0.39 is 10.0 Å². The summed E-state index contributed by atoms with van der Waals surface area (Å²) in [6.07, 6.45) is 2.97. The highest BCUT2D eigenvalue weighted by molar-refractivity contribution is 7.92. The summed E-state index contributed by atoms with van der Waals surface area (Å²) in [5.74, 6) is -0.141. The molecule has 2 aromatic carbocycles. The average Bonchev–Trinajstić information content (AvgIpc) is 2.59.